The molecule has 0 saturated heterocycles. The van der Waals surface area contributed by atoms with Crippen molar-refractivity contribution in [1.29, 1.82) is 0 Å². The lowest BCUT2D eigenvalue weighted by Gasteiger charge is -2.15. The second-order valence-electron chi connectivity index (χ2n) is 5.69. The number of hydrazine groups is 1. The first kappa shape index (κ1) is 20.4. The van der Waals surface area contributed by atoms with Crippen LogP contribution in [0.5, 0.6) is 11.5 Å². The molecule has 0 heterocycles. The quantitative estimate of drug-likeness (QED) is 0.515. The van der Waals surface area contributed by atoms with Crippen molar-refractivity contribution < 1.29 is 27.4 Å². The second-order valence-corrected chi connectivity index (χ2v) is 5.69. The SMILES string of the molecule is CCCCOc1ccc(C(=O)NNc2ccccc2C(F)(F)F)cc1OC. The van der Waals surface area contributed by atoms with Gasteiger partial charge in [0.2, 0.25) is 0 Å². The van der Waals surface area contributed by atoms with Crippen molar-refractivity contribution in [2.24, 2.45) is 0 Å². The van der Waals surface area contributed by atoms with Crippen molar-refractivity contribution in [3.8, 4) is 11.5 Å². The van der Waals surface area contributed by atoms with Gasteiger partial charge in [0.15, 0.2) is 11.5 Å². The molecule has 8 heteroatoms. The molecule has 0 atom stereocenters. The van der Waals surface area contributed by atoms with E-state index in [1.165, 1.54) is 37.4 Å². The van der Waals surface area contributed by atoms with Crippen LogP contribution < -0.4 is 20.3 Å². The number of benzene rings is 2. The largest absolute Gasteiger partial charge is 0.493 e. The van der Waals surface area contributed by atoms with Crippen LogP contribution in [0.15, 0.2) is 42.5 Å². The molecule has 5 nitrogen and oxygen atoms in total. The summed E-state index contributed by atoms with van der Waals surface area (Å²) in [7, 11) is 1.45. The maximum absolute atomic E-state index is 13.0. The number of para-hydroxylation sites is 1. The average molecular weight is 382 g/mol. The number of alkyl halides is 3. The number of nitrogens with one attached hydrogen (secondary N) is 2. The molecular formula is C19H21F3N2O3. The fourth-order valence-electron chi connectivity index (χ4n) is 2.29. The number of unbranched alkanes of at least 4 members (excludes halogenated alkanes) is 1. The Balaban J connectivity index is 2.08. The Morgan fingerprint density at radius 1 is 1.11 bits per heavy atom. The van der Waals surface area contributed by atoms with Crippen molar-refractivity contribution in [2.45, 2.75) is 25.9 Å². The second kappa shape index (κ2) is 9.16. The highest BCUT2D eigenvalue weighted by Gasteiger charge is 2.33. The number of halogens is 3. The number of rotatable bonds is 8. The van der Waals surface area contributed by atoms with E-state index < -0.39 is 17.6 Å². The van der Waals surface area contributed by atoms with Crippen molar-refractivity contribution in [1.82, 2.24) is 5.43 Å². The van der Waals surface area contributed by atoms with Gasteiger partial charge in [0.1, 0.15) is 0 Å². The molecule has 0 spiro atoms. The Bertz CT molecular complexity index is 779. The average Bonchev–Trinajstić information content (AvgIpc) is 2.66. The lowest BCUT2D eigenvalue weighted by Crippen LogP contribution is -2.30. The van der Waals surface area contributed by atoms with Crippen LogP contribution in [0.1, 0.15) is 35.7 Å². The van der Waals surface area contributed by atoms with E-state index in [1.807, 2.05) is 6.92 Å². The molecule has 0 saturated carbocycles. The summed E-state index contributed by atoms with van der Waals surface area (Å²) in [6.07, 6.45) is -2.67. The van der Waals surface area contributed by atoms with E-state index in [4.69, 9.17) is 9.47 Å². The van der Waals surface area contributed by atoms with Gasteiger partial charge in [0.05, 0.1) is 25.0 Å². The number of amides is 1. The topological polar surface area (TPSA) is 59.6 Å². The molecule has 0 bridgehead atoms. The van der Waals surface area contributed by atoms with Gasteiger partial charge in [0.25, 0.3) is 5.91 Å². The maximum Gasteiger partial charge on any atom is 0.418 e. The summed E-state index contributed by atoms with van der Waals surface area (Å²) in [5.41, 5.74) is 3.68. The lowest BCUT2D eigenvalue weighted by molar-refractivity contribution is -0.137. The molecule has 2 rings (SSSR count). The third-order valence-corrected chi connectivity index (χ3v) is 3.72. The van der Waals surface area contributed by atoms with Crippen LogP contribution in [0.2, 0.25) is 0 Å². The molecule has 0 aromatic heterocycles. The van der Waals surface area contributed by atoms with Crippen LogP contribution in [-0.4, -0.2) is 19.6 Å². The predicted octanol–water partition coefficient (Wildman–Crippen LogP) is 4.65. The van der Waals surface area contributed by atoms with Crippen molar-refractivity contribution in [2.75, 3.05) is 19.1 Å². The van der Waals surface area contributed by atoms with Gasteiger partial charge < -0.3 is 9.47 Å². The van der Waals surface area contributed by atoms with Crippen LogP contribution in [0.3, 0.4) is 0 Å². The first-order valence-electron chi connectivity index (χ1n) is 8.40. The summed E-state index contributed by atoms with van der Waals surface area (Å²) in [5, 5.41) is 0. The highest BCUT2D eigenvalue weighted by molar-refractivity contribution is 5.95. The molecule has 0 unspecified atom stereocenters. The Morgan fingerprint density at radius 2 is 1.85 bits per heavy atom. The fourth-order valence-corrected chi connectivity index (χ4v) is 2.29. The summed E-state index contributed by atoms with van der Waals surface area (Å²) < 4.78 is 49.8. The Labute approximate surface area is 155 Å². The highest BCUT2D eigenvalue weighted by Crippen LogP contribution is 2.34. The van der Waals surface area contributed by atoms with Crippen LogP contribution in [0, 0.1) is 0 Å². The summed E-state index contributed by atoms with van der Waals surface area (Å²) in [6.45, 7) is 2.56. The van der Waals surface area contributed by atoms with Gasteiger partial charge in [-0.2, -0.15) is 13.2 Å². The van der Waals surface area contributed by atoms with Crippen molar-refractivity contribution in [3.63, 3.8) is 0 Å². The number of anilines is 1. The van der Waals surface area contributed by atoms with Crippen LogP contribution in [0.4, 0.5) is 18.9 Å². The van der Waals surface area contributed by atoms with Gasteiger partial charge in [-0.1, -0.05) is 25.5 Å². The van der Waals surface area contributed by atoms with E-state index >= 15 is 0 Å². The lowest BCUT2D eigenvalue weighted by atomic mass is 10.1. The molecule has 0 radical (unpaired) electrons. The summed E-state index contributed by atoms with van der Waals surface area (Å²) >= 11 is 0. The van der Waals surface area contributed by atoms with Crippen LogP contribution >= 0.6 is 0 Å². The minimum atomic E-state index is -4.53. The van der Waals surface area contributed by atoms with E-state index in [1.54, 1.807) is 6.07 Å². The Morgan fingerprint density at radius 3 is 2.52 bits per heavy atom. The van der Waals surface area contributed by atoms with Gasteiger partial charge >= 0.3 is 6.18 Å². The number of carbonyl (C=O) groups is 1. The molecule has 2 aromatic carbocycles. The van der Waals surface area contributed by atoms with E-state index in [-0.39, 0.29) is 11.3 Å². The Hall–Kier alpha value is -2.90. The third kappa shape index (κ3) is 5.54. The number of hydrogen-bond acceptors (Lipinski definition) is 4. The summed E-state index contributed by atoms with van der Waals surface area (Å²) in [6, 6.07) is 9.44. The maximum atomic E-state index is 13.0. The van der Waals surface area contributed by atoms with E-state index in [0.29, 0.717) is 18.1 Å². The van der Waals surface area contributed by atoms with Crippen molar-refractivity contribution >= 4 is 11.6 Å². The number of ether oxygens (including phenoxy) is 2. The molecule has 1 amide bonds. The van der Waals surface area contributed by atoms with Crippen LogP contribution in [0.25, 0.3) is 0 Å². The molecule has 27 heavy (non-hydrogen) atoms. The zero-order chi connectivity index (χ0) is 19.9. The van der Waals surface area contributed by atoms with Gasteiger partial charge in [0, 0.05) is 5.56 Å². The van der Waals surface area contributed by atoms with E-state index in [0.717, 1.165) is 18.9 Å². The van der Waals surface area contributed by atoms with Gasteiger partial charge in [-0.15, -0.1) is 0 Å². The predicted molar refractivity (Wildman–Crippen MR) is 95.9 cm³/mol. The smallest absolute Gasteiger partial charge is 0.418 e. The Kier molecular flexibility index (Phi) is 6.92. The van der Waals surface area contributed by atoms with Gasteiger partial charge in [-0.05, 0) is 36.8 Å². The molecule has 0 aliphatic carbocycles. The van der Waals surface area contributed by atoms with Gasteiger partial charge in [-0.3, -0.25) is 15.6 Å². The van der Waals surface area contributed by atoms with Crippen molar-refractivity contribution in [3.05, 3.63) is 53.6 Å². The molecule has 0 fully saturated rings. The summed E-state index contributed by atoms with van der Waals surface area (Å²) in [4.78, 5) is 12.3. The molecule has 2 aromatic rings. The minimum Gasteiger partial charge on any atom is -0.493 e. The standard InChI is InChI=1S/C19H21F3N2O3/c1-3-4-11-27-16-10-9-13(12-17(16)26-2)18(25)24-23-15-8-6-5-7-14(15)19(20,21)22/h5-10,12,23H,3-4,11H2,1-2H3,(H,24,25). The van der Waals surface area contributed by atoms with Gasteiger partial charge in [-0.25, -0.2) is 0 Å². The normalized spacial score (nSPS) is 11.0. The third-order valence-electron chi connectivity index (χ3n) is 3.72. The number of hydrogen-bond donors (Lipinski definition) is 2. The highest BCUT2D eigenvalue weighted by atomic mass is 19.4. The minimum absolute atomic E-state index is 0.215. The summed E-state index contributed by atoms with van der Waals surface area (Å²) in [5.74, 6) is 0.262. The first-order valence-corrected chi connectivity index (χ1v) is 8.40. The first-order chi connectivity index (χ1) is 12.9. The van der Waals surface area contributed by atoms with E-state index in [9.17, 15) is 18.0 Å². The molecule has 0 aliphatic heterocycles. The molecule has 146 valence electrons. The zero-order valence-corrected chi connectivity index (χ0v) is 15.0. The monoisotopic (exact) mass is 382 g/mol. The molecule has 2 N–H and O–H groups in total. The fraction of sp³-hybridized carbons (Fsp3) is 0.316. The molecular weight excluding hydrogens is 361 g/mol. The molecule has 0 aliphatic rings. The zero-order valence-electron chi connectivity index (χ0n) is 15.0. The number of methoxy groups -OCH3 is 1. The number of carbonyl (C=O) groups excluding carboxylic acids is 1. The van der Waals surface area contributed by atoms with E-state index in [2.05, 4.69) is 10.9 Å². The van der Waals surface area contributed by atoms with Crippen LogP contribution in [-0.2, 0) is 6.18 Å².